The number of aryl methyl sites for hydroxylation is 1. The molecule has 154 valence electrons. The predicted molar refractivity (Wildman–Crippen MR) is 105 cm³/mol. The van der Waals surface area contributed by atoms with Gasteiger partial charge >= 0.3 is 12.2 Å². The first-order chi connectivity index (χ1) is 13.0. The van der Waals surface area contributed by atoms with Gasteiger partial charge in [-0.15, -0.1) is 0 Å². The van der Waals surface area contributed by atoms with E-state index in [1.807, 2.05) is 18.2 Å². The molecule has 1 aromatic carbocycles. The van der Waals surface area contributed by atoms with E-state index in [0.717, 1.165) is 37.4 Å². The van der Waals surface area contributed by atoms with Crippen LogP contribution in [0.1, 0.15) is 58.1 Å². The van der Waals surface area contributed by atoms with Gasteiger partial charge in [0.25, 0.3) is 0 Å². The molecule has 0 spiro atoms. The highest BCUT2D eigenvalue weighted by Crippen LogP contribution is 2.38. The smallest absolute Gasteiger partial charge is 0.421 e. The van der Waals surface area contributed by atoms with Crippen LogP contribution in [0.25, 0.3) is 0 Å². The Balaban J connectivity index is 2.40. The molecule has 0 N–H and O–H groups in total. The molecule has 0 saturated heterocycles. The monoisotopic (exact) mass is 395 g/mol. The normalized spacial score (nSPS) is 12.1. The Labute approximate surface area is 164 Å². The molecule has 28 heavy (non-hydrogen) atoms. The lowest BCUT2D eigenvalue weighted by Crippen LogP contribution is -2.26. The zero-order valence-electron chi connectivity index (χ0n) is 17.1. The molecule has 0 atom stereocenters. The number of unbranched alkanes of at least 4 members (excludes halogenated alkanes) is 2. The second-order valence-corrected chi connectivity index (χ2v) is 7.79. The van der Waals surface area contributed by atoms with E-state index in [4.69, 9.17) is 4.74 Å². The third kappa shape index (κ3) is 6.11. The number of ether oxygens (including phenoxy) is 1. The summed E-state index contributed by atoms with van der Waals surface area (Å²) in [6, 6.07) is 7.44. The second kappa shape index (κ2) is 8.80. The minimum Gasteiger partial charge on any atom is -0.458 e. The molecule has 7 heteroatoms. The van der Waals surface area contributed by atoms with Crippen LogP contribution < -0.4 is 9.64 Å². The van der Waals surface area contributed by atoms with Gasteiger partial charge in [0.05, 0.1) is 0 Å². The first-order valence-corrected chi connectivity index (χ1v) is 9.47. The van der Waals surface area contributed by atoms with Gasteiger partial charge in [-0.3, -0.25) is 0 Å². The number of hydrogen-bond acceptors (Lipinski definition) is 4. The van der Waals surface area contributed by atoms with Gasteiger partial charge in [-0.25, -0.2) is 4.98 Å². The molecule has 2 rings (SSSR count). The van der Waals surface area contributed by atoms with Crippen LogP contribution in [0.15, 0.2) is 30.5 Å². The number of halogens is 3. The Morgan fingerprint density at radius 1 is 1.11 bits per heavy atom. The number of hydrogen-bond donors (Lipinski definition) is 0. The molecular weight excluding hydrogens is 367 g/mol. The van der Waals surface area contributed by atoms with Crippen molar-refractivity contribution in [3.63, 3.8) is 0 Å². The lowest BCUT2D eigenvalue weighted by Gasteiger charge is -2.25. The van der Waals surface area contributed by atoms with Crippen LogP contribution in [0.2, 0.25) is 0 Å². The summed E-state index contributed by atoms with van der Waals surface area (Å²) in [5.41, 5.74) is 0.216. The maximum absolute atomic E-state index is 13.5. The zero-order valence-corrected chi connectivity index (χ0v) is 17.1. The summed E-state index contributed by atoms with van der Waals surface area (Å²) in [7, 11) is 1.57. The topological polar surface area (TPSA) is 38.2 Å². The van der Waals surface area contributed by atoms with Crippen molar-refractivity contribution < 1.29 is 17.9 Å². The van der Waals surface area contributed by atoms with E-state index >= 15 is 0 Å². The van der Waals surface area contributed by atoms with Gasteiger partial charge in [-0.1, -0.05) is 31.9 Å². The van der Waals surface area contributed by atoms with Gasteiger partial charge in [0, 0.05) is 18.9 Å². The van der Waals surface area contributed by atoms with E-state index in [1.54, 1.807) is 33.9 Å². The van der Waals surface area contributed by atoms with Crippen molar-refractivity contribution in [2.75, 3.05) is 11.9 Å². The van der Waals surface area contributed by atoms with Crippen LogP contribution in [0.3, 0.4) is 0 Å². The molecule has 4 nitrogen and oxygen atoms in total. The average Bonchev–Trinajstić information content (AvgIpc) is 2.59. The summed E-state index contributed by atoms with van der Waals surface area (Å²) in [6.07, 6.45) is 0.398. The van der Waals surface area contributed by atoms with Crippen LogP contribution in [0.4, 0.5) is 24.7 Å². The summed E-state index contributed by atoms with van der Waals surface area (Å²) in [4.78, 5) is 9.27. The van der Waals surface area contributed by atoms with Crippen molar-refractivity contribution in [2.24, 2.45) is 0 Å². The minimum absolute atomic E-state index is 0.0820. The number of benzene rings is 1. The van der Waals surface area contributed by atoms with E-state index in [0.29, 0.717) is 5.69 Å². The van der Waals surface area contributed by atoms with E-state index in [1.165, 1.54) is 4.90 Å². The lowest BCUT2D eigenvalue weighted by atomic mass is 10.1. The number of nitrogens with zero attached hydrogens (tertiary/aromatic N) is 3. The highest BCUT2D eigenvalue weighted by atomic mass is 19.4. The van der Waals surface area contributed by atoms with Gasteiger partial charge in [0.15, 0.2) is 5.82 Å². The van der Waals surface area contributed by atoms with Crippen LogP contribution in [0, 0.1) is 0 Å². The van der Waals surface area contributed by atoms with E-state index in [-0.39, 0.29) is 11.8 Å². The van der Waals surface area contributed by atoms with Crippen molar-refractivity contribution in [3.8, 4) is 6.01 Å². The predicted octanol–water partition coefficient (Wildman–Crippen LogP) is 6.17. The Hall–Kier alpha value is -2.31. The van der Waals surface area contributed by atoms with Crippen LogP contribution in [-0.4, -0.2) is 22.6 Å². The Kier molecular flexibility index (Phi) is 6.91. The molecule has 2 aromatic rings. The van der Waals surface area contributed by atoms with E-state index < -0.39 is 17.3 Å². The Morgan fingerprint density at radius 3 is 2.43 bits per heavy atom. The molecule has 0 fully saturated rings. The number of aromatic nitrogens is 2. The van der Waals surface area contributed by atoms with Crippen molar-refractivity contribution >= 4 is 11.5 Å². The highest BCUT2D eigenvalue weighted by molar-refractivity contribution is 5.63. The molecule has 0 aliphatic carbocycles. The van der Waals surface area contributed by atoms with Gasteiger partial charge < -0.3 is 9.64 Å². The van der Waals surface area contributed by atoms with Gasteiger partial charge in [0.1, 0.15) is 11.2 Å². The number of anilines is 2. The van der Waals surface area contributed by atoms with E-state index in [2.05, 4.69) is 16.9 Å². The fraction of sp³-hybridized carbons (Fsp3) is 0.524. The standard InChI is InChI=1S/C21H28F3N3O/c1-6-7-8-10-15-11-9-12-16(13-15)27(5)18-17(21(22,23)24)14-25-19(26-18)28-20(2,3)4/h9,11-14H,6-8,10H2,1-5H3. The van der Waals surface area contributed by atoms with Gasteiger partial charge in [-0.2, -0.15) is 18.2 Å². The zero-order chi connectivity index (χ0) is 20.9. The van der Waals surface area contributed by atoms with Crippen LogP contribution in [0.5, 0.6) is 6.01 Å². The molecule has 0 aliphatic heterocycles. The number of alkyl halides is 3. The molecule has 1 heterocycles. The maximum atomic E-state index is 13.5. The molecule has 0 radical (unpaired) electrons. The van der Waals surface area contributed by atoms with Gasteiger partial charge in [-0.05, 0) is 51.3 Å². The minimum atomic E-state index is -4.57. The van der Waals surface area contributed by atoms with Crippen LogP contribution >= 0.6 is 0 Å². The quantitative estimate of drug-likeness (QED) is 0.525. The molecule has 0 bridgehead atoms. The summed E-state index contributed by atoms with van der Waals surface area (Å²) < 4.78 is 46.2. The van der Waals surface area contributed by atoms with E-state index in [9.17, 15) is 13.2 Å². The summed E-state index contributed by atoms with van der Waals surface area (Å²) in [5.74, 6) is -0.229. The largest absolute Gasteiger partial charge is 0.458 e. The SMILES string of the molecule is CCCCCc1cccc(N(C)c2nc(OC(C)(C)C)ncc2C(F)(F)F)c1. The van der Waals surface area contributed by atoms with Crippen molar-refractivity contribution in [3.05, 3.63) is 41.6 Å². The lowest BCUT2D eigenvalue weighted by molar-refractivity contribution is -0.137. The maximum Gasteiger partial charge on any atom is 0.421 e. The molecule has 1 aromatic heterocycles. The summed E-state index contributed by atoms with van der Waals surface area (Å²) in [6.45, 7) is 7.50. The van der Waals surface area contributed by atoms with Crippen molar-refractivity contribution in [1.29, 1.82) is 0 Å². The Morgan fingerprint density at radius 2 is 1.82 bits per heavy atom. The highest BCUT2D eigenvalue weighted by Gasteiger charge is 2.37. The first-order valence-electron chi connectivity index (χ1n) is 9.47. The third-order valence-electron chi connectivity index (χ3n) is 4.13. The fourth-order valence-electron chi connectivity index (χ4n) is 2.76. The summed E-state index contributed by atoms with van der Waals surface area (Å²) in [5, 5.41) is 0. The Bertz CT molecular complexity index is 785. The first kappa shape index (κ1) is 22.0. The van der Waals surface area contributed by atoms with Gasteiger partial charge in [0.2, 0.25) is 0 Å². The second-order valence-electron chi connectivity index (χ2n) is 7.79. The molecule has 0 unspecified atom stereocenters. The molecular formula is C21H28F3N3O. The van der Waals surface area contributed by atoms with Crippen molar-refractivity contribution in [1.82, 2.24) is 9.97 Å². The molecule has 0 saturated carbocycles. The fourth-order valence-corrected chi connectivity index (χ4v) is 2.76. The van der Waals surface area contributed by atoms with Crippen molar-refractivity contribution in [2.45, 2.75) is 65.2 Å². The van der Waals surface area contributed by atoms with Crippen LogP contribution in [-0.2, 0) is 12.6 Å². The number of rotatable bonds is 7. The average molecular weight is 395 g/mol. The molecule has 0 amide bonds. The third-order valence-corrected chi connectivity index (χ3v) is 4.13. The molecule has 0 aliphatic rings. The summed E-state index contributed by atoms with van der Waals surface area (Å²) >= 11 is 0.